The normalized spacial score (nSPS) is 33.0. The van der Waals surface area contributed by atoms with Crippen molar-refractivity contribution in [2.24, 2.45) is 0 Å². The molecule has 3 heterocycles. The Bertz CT molecular complexity index is 1540. The fourth-order valence-corrected chi connectivity index (χ4v) is 5.30. The molecule has 2 aromatic carbocycles. The molecule has 10 unspecified atom stereocenters. The Labute approximate surface area is 242 Å². The second kappa shape index (κ2) is 11.8. The summed E-state index contributed by atoms with van der Waals surface area (Å²) >= 11 is 0. The quantitative estimate of drug-likeness (QED) is 0.152. The van der Waals surface area contributed by atoms with E-state index in [1.165, 1.54) is 13.0 Å². The van der Waals surface area contributed by atoms with Crippen molar-refractivity contribution < 1.29 is 69.7 Å². The number of benzene rings is 2. The number of phenolic OH excluding ortho intramolecular Hbond substituents is 4. The summed E-state index contributed by atoms with van der Waals surface area (Å²) in [6.45, 7) is 1.50. The van der Waals surface area contributed by atoms with Crippen molar-refractivity contribution in [2.45, 2.75) is 81.0 Å². The van der Waals surface area contributed by atoms with Crippen molar-refractivity contribution in [3.05, 3.63) is 40.6 Å². The van der Waals surface area contributed by atoms with Crippen LogP contribution in [-0.2, 0) is 9.47 Å². The molecule has 0 spiro atoms. The number of aliphatic hydroxyl groups excluding tert-OH is 6. The predicted octanol–water partition coefficient (Wildman–Crippen LogP) is -0.881. The first-order valence-electron chi connectivity index (χ1n) is 13.4. The standard InChI is InChI=1S/C28H32O15/c1-9-19(33)23(37)20(34)15(40-9)4-5-16-21(35)24(38)25(39)28(42-16)43-27-22(36)18-14(32)7-11(29)8-17(18)41-26(27)10-2-3-12(30)13(31)6-10/h2-3,6-9,15-16,19-21,23-25,28-35,37-39H,4-5H2,1H3. The number of fused-ring (bicyclic) bond motifs is 1. The van der Waals surface area contributed by atoms with E-state index in [1.807, 2.05) is 0 Å². The molecule has 2 aliphatic heterocycles. The van der Waals surface area contributed by atoms with Crippen LogP contribution in [0.25, 0.3) is 22.3 Å². The number of aliphatic hydroxyl groups is 6. The lowest BCUT2D eigenvalue weighted by molar-refractivity contribution is -0.276. The Morgan fingerprint density at radius 1 is 0.721 bits per heavy atom. The average Bonchev–Trinajstić information content (AvgIpc) is 2.96. The van der Waals surface area contributed by atoms with Gasteiger partial charge < -0.3 is 69.7 Å². The summed E-state index contributed by atoms with van der Waals surface area (Å²) < 4.78 is 22.8. The van der Waals surface area contributed by atoms with E-state index in [-0.39, 0.29) is 29.7 Å². The van der Waals surface area contributed by atoms with Crippen LogP contribution >= 0.6 is 0 Å². The van der Waals surface area contributed by atoms with E-state index < -0.39 is 101 Å². The fraction of sp³-hybridized carbons (Fsp3) is 0.464. The van der Waals surface area contributed by atoms with Gasteiger partial charge in [-0.2, -0.15) is 0 Å². The molecule has 15 nitrogen and oxygen atoms in total. The molecule has 234 valence electrons. The summed E-state index contributed by atoms with van der Waals surface area (Å²) in [6, 6.07) is 5.33. The van der Waals surface area contributed by atoms with E-state index in [1.54, 1.807) is 0 Å². The topological polar surface area (TPSA) is 260 Å². The Balaban J connectivity index is 1.48. The minimum absolute atomic E-state index is 0.00661. The maximum Gasteiger partial charge on any atom is 0.239 e. The van der Waals surface area contributed by atoms with Gasteiger partial charge in [-0.15, -0.1) is 0 Å². The van der Waals surface area contributed by atoms with Gasteiger partial charge in [0.1, 0.15) is 59.1 Å². The van der Waals surface area contributed by atoms with Crippen molar-refractivity contribution in [1.29, 1.82) is 0 Å². The summed E-state index contributed by atoms with van der Waals surface area (Å²) in [5, 5.41) is 102. The second-order valence-corrected chi connectivity index (χ2v) is 10.7. The molecule has 2 fully saturated rings. The maximum absolute atomic E-state index is 13.6. The van der Waals surface area contributed by atoms with Crippen molar-refractivity contribution in [1.82, 2.24) is 0 Å². The molecular weight excluding hydrogens is 576 g/mol. The van der Waals surface area contributed by atoms with Gasteiger partial charge in [-0.3, -0.25) is 4.79 Å². The van der Waals surface area contributed by atoms with E-state index in [4.69, 9.17) is 18.6 Å². The van der Waals surface area contributed by atoms with Crippen LogP contribution in [0, 0.1) is 0 Å². The maximum atomic E-state index is 13.6. The summed E-state index contributed by atoms with van der Waals surface area (Å²) in [5.74, 6) is -3.20. The second-order valence-electron chi connectivity index (χ2n) is 10.7. The third-order valence-electron chi connectivity index (χ3n) is 7.74. The van der Waals surface area contributed by atoms with Crippen LogP contribution in [0.1, 0.15) is 19.8 Å². The minimum atomic E-state index is -1.91. The number of hydrogen-bond acceptors (Lipinski definition) is 15. The largest absolute Gasteiger partial charge is 0.508 e. The Kier molecular flexibility index (Phi) is 8.43. The first kappa shape index (κ1) is 30.8. The van der Waals surface area contributed by atoms with Gasteiger partial charge >= 0.3 is 0 Å². The molecule has 3 aromatic rings. The summed E-state index contributed by atoms with van der Waals surface area (Å²) in [6.07, 6.45) is -14.7. The number of aromatic hydroxyl groups is 4. The molecule has 2 saturated heterocycles. The van der Waals surface area contributed by atoms with Gasteiger partial charge in [0.25, 0.3) is 0 Å². The molecule has 43 heavy (non-hydrogen) atoms. The van der Waals surface area contributed by atoms with Crippen molar-refractivity contribution >= 4 is 11.0 Å². The van der Waals surface area contributed by atoms with E-state index >= 15 is 0 Å². The highest BCUT2D eigenvalue weighted by atomic mass is 16.7. The number of ether oxygens (including phenoxy) is 3. The first-order chi connectivity index (χ1) is 20.3. The van der Waals surface area contributed by atoms with Crippen LogP contribution in [0.2, 0.25) is 0 Å². The zero-order valence-corrected chi connectivity index (χ0v) is 22.6. The lowest BCUT2D eigenvalue weighted by Gasteiger charge is -2.42. The minimum Gasteiger partial charge on any atom is -0.508 e. The van der Waals surface area contributed by atoms with Crippen molar-refractivity contribution in [3.63, 3.8) is 0 Å². The van der Waals surface area contributed by atoms with Gasteiger partial charge in [0.05, 0.1) is 18.3 Å². The van der Waals surface area contributed by atoms with E-state index in [0.29, 0.717) is 0 Å². The zero-order valence-electron chi connectivity index (χ0n) is 22.6. The van der Waals surface area contributed by atoms with Crippen LogP contribution in [0.3, 0.4) is 0 Å². The van der Waals surface area contributed by atoms with Crippen LogP contribution < -0.4 is 10.2 Å². The lowest BCUT2D eigenvalue weighted by Crippen LogP contribution is -2.60. The highest BCUT2D eigenvalue weighted by Gasteiger charge is 2.47. The van der Waals surface area contributed by atoms with Gasteiger partial charge in [-0.1, -0.05) is 0 Å². The summed E-state index contributed by atoms with van der Waals surface area (Å²) in [7, 11) is 0. The van der Waals surface area contributed by atoms with Crippen LogP contribution in [0.5, 0.6) is 28.7 Å². The number of phenols is 4. The van der Waals surface area contributed by atoms with Gasteiger partial charge in [-0.05, 0) is 38.0 Å². The molecule has 0 radical (unpaired) electrons. The van der Waals surface area contributed by atoms with E-state index in [2.05, 4.69) is 0 Å². The molecule has 0 aliphatic carbocycles. The SMILES string of the molecule is CC1OC(CCC2OC(Oc3c(-c4ccc(O)c(O)c4)oc4cc(O)cc(O)c4c3=O)C(O)C(O)C2O)C(O)C(O)C1O. The van der Waals surface area contributed by atoms with Gasteiger partial charge in [-0.25, -0.2) is 0 Å². The molecule has 0 bridgehead atoms. The Morgan fingerprint density at radius 2 is 1.35 bits per heavy atom. The third kappa shape index (κ3) is 5.69. The number of rotatable bonds is 6. The van der Waals surface area contributed by atoms with Crippen LogP contribution in [0.4, 0.5) is 0 Å². The Hall–Kier alpha value is -3.67. The smallest absolute Gasteiger partial charge is 0.239 e. The van der Waals surface area contributed by atoms with E-state index in [0.717, 1.165) is 24.3 Å². The van der Waals surface area contributed by atoms with Crippen LogP contribution in [-0.4, -0.2) is 112 Å². The molecule has 10 atom stereocenters. The van der Waals surface area contributed by atoms with Gasteiger partial charge in [0.15, 0.2) is 17.3 Å². The molecule has 0 saturated carbocycles. The fourth-order valence-electron chi connectivity index (χ4n) is 5.30. The predicted molar refractivity (Wildman–Crippen MR) is 143 cm³/mol. The lowest BCUT2D eigenvalue weighted by atomic mass is 9.90. The molecule has 10 N–H and O–H groups in total. The van der Waals surface area contributed by atoms with Gasteiger partial charge in [0, 0.05) is 17.7 Å². The highest BCUT2D eigenvalue weighted by Crippen LogP contribution is 2.39. The molecule has 2 aliphatic rings. The summed E-state index contributed by atoms with van der Waals surface area (Å²) in [4.78, 5) is 13.6. The van der Waals surface area contributed by atoms with Crippen molar-refractivity contribution in [3.8, 4) is 40.1 Å². The summed E-state index contributed by atoms with van der Waals surface area (Å²) in [5.41, 5.74) is -1.27. The van der Waals surface area contributed by atoms with Crippen LogP contribution in [0.15, 0.2) is 39.5 Å². The van der Waals surface area contributed by atoms with Gasteiger partial charge in [0.2, 0.25) is 17.5 Å². The molecule has 0 amide bonds. The van der Waals surface area contributed by atoms with Crippen molar-refractivity contribution in [2.75, 3.05) is 0 Å². The first-order valence-corrected chi connectivity index (χ1v) is 13.4. The number of hydrogen-bond donors (Lipinski definition) is 10. The van der Waals surface area contributed by atoms with E-state index in [9.17, 15) is 55.9 Å². The molecule has 5 rings (SSSR count). The highest BCUT2D eigenvalue weighted by molar-refractivity contribution is 5.88. The molecular formula is C28H32O15. The Morgan fingerprint density at radius 3 is 2.00 bits per heavy atom. The molecule has 15 heteroatoms. The average molecular weight is 609 g/mol. The molecule has 1 aromatic heterocycles. The monoisotopic (exact) mass is 608 g/mol. The zero-order chi connectivity index (χ0) is 31.3. The third-order valence-corrected chi connectivity index (χ3v) is 7.74.